The van der Waals surface area contributed by atoms with Crippen LogP contribution in [0.1, 0.15) is 31.4 Å². The molecule has 0 saturated carbocycles. The van der Waals surface area contributed by atoms with Crippen LogP contribution in [0.25, 0.3) is 0 Å². The van der Waals surface area contributed by atoms with E-state index in [0.717, 1.165) is 31.3 Å². The predicted molar refractivity (Wildman–Crippen MR) is 67.8 cm³/mol. The van der Waals surface area contributed by atoms with E-state index in [1.54, 1.807) is 0 Å². The number of nitrogens with zero attached hydrogens (tertiary/aromatic N) is 4. The predicted octanol–water partition coefficient (Wildman–Crippen LogP) is 0.790. The zero-order valence-electron chi connectivity index (χ0n) is 11.1. The van der Waals surface area contributed by atoms with Crippen molar-refractivity contribution in [1.82, 2.24) is 25.0 Å². The van der Waals surface area contributed by atoms with Crippen molar-refractivity contribution in [3.05, 3.63) is 11.6 Å². The molecule has 0 aromatic carbocycles. The first-order chi connectivity index (χ1) is 8.24. The minimum Gasteiger partial charge on any atom is -0.316 e. The quantitative estimate of drug-likeness (QED) is 0.841. The van der Waals surface area contributed by atoms with Gasteiger partial charge in [0.1, 0.15) is 11.6 Å². The third-order valence-electron chi connectivity index (χ3n) is 3.61. The van der Waals surface area contributed by atoms with Gasteiger partial charge in [0.25, 0.3) is 0 Å². The van der Waals surface area contributed by atoms with E-state index in [0.29, 0.717) is 6.04 Å². The lowest BCUT2D eigenvalue weighted by atomic mass is 10.1. The Kier molecular flexibility index (Phi) is 4.12. The lowest BCUT2D eigenvalue weighted by Crippen LogP contribution is -2.44. The van der Waals surface area contributed by atoms with Crippen molar-refractivity contribution in [3.63, 3.8) is 0 Å². The second-order valence-corrected chi connectivity index (χ2v) is 4.77. The molecule has 5 heteroatoms. The van der Waals surface area contributed by atoms with E-state index in [2.05, 4.69) is 31.9 Å². The Balaban J connectivity index is 2.00. The van der Waals surface area contributed by atoms with Gasteiger partial charge in [-0.2, -0.15) is 0 Å². The molecule has 1 N–H and O–H groups in total. The number of rotatable bonds is 4. The van der Waals surface area contributed by atoms with Crippen molar-refractivity contribution in [3.8, 4) is 0 Å². The molecule has 0 bridgehead atoms. The van der Waals surface area contributed by atoms with Gasteiger partial charge in [-0.05, 0) is 40.3 Å². The van der Waals surface area contributed by atoms with Crippen molar-refractivity contribution in [2.24, 2.45) is 0 Å². The second-order valence-electron chi connectivity index (χ2n) is 4.77. The van der Waals surface area contributed by atoms with Crippen LogP contribution in [-0.4, -0.2) is 45.8 Å². The number of likely N-dealkylation sites (N-methyl/N-ethyl adjacent to an activating group) is 1. The molecule has 1 unspecified atom stereocenters. The molecule has 17 heavy (non-hydrogen) atoms. The number of hydrogen-bond donors (Lipinski definition) is 1. The van der Waals surface area contributed by atoms with Crippen molar-refractivity contribution in [2.45, 2.75) is 45.8 Å². The number of hydrogen-bond acceptors (Lipinski definition) is 4. The summed E-state index contributed by atoms with van der Waals surface area (Å²) in [6.45, 7) is 8.34. The Labute approximate surface area is 103 Å². The fourth-order valence-corrected chi connectivity index (χ4v) is 2.59. The summed E-state index contributed by atoms with van der Waals surface area (Å²) < 4.78 is 2.20. The van der Waals surface area contributed by atoms with Gasteiger partial charge < -0.3 is 9.88 Å². The van der Waals surface area contributed by atoms with Crippen molar-refractivity contribution < 1.29 is 0 Å². The van der Waals surface area contributed by atoms with Crippen LogP contribution in [0.4, 0.5) is 0 Å². The normalized spacial score (nSPS) is 21.9. The minimum absolute atomic E-state index is 0.628. The molecule has 1 aliphatic heterocycles. The average Bonchev–Trinajstić information content (AvgIpc) is 2.70. The van der Waals surface area contributed by atoms with Crippen LogP contribution < -0.4 is 5.32 Å². The Hall–Kier alpha value is -0.940. The Morgan fingerprint density at radius 2 is 2.24 bits per heavy atom. The largest absolute Gasteiger partial charge is 0.316 e. The molecule has 1 saturated heterocycles. The summed E-state index contributed by atoms with van der Waals surface area (Å²) in [5, 5.41) is 11.8. The van der Waals surface area contributed by atoms with Gasteiger partial charge in [-0.1, -0.05) is 0 Å². The van der Waals surface area contributed by atoms with Crippen LogP contribution in [-0.2, 0) is 13.1 Å². The van der Waals surface area contributed by atoms with Gasteiger partial charge in [-0.15, -0.1) is 10.2 Å². The molecule has 1 aromatic heterocycles. The third kappa shape index (κ3) is 2.84. The summed E-state index contributed by atoms with van der Waals surface area (Å²) in [5.74, 6) is 2.12. The maximum atomic E-state index is 4.28. The fourth-order valence-electron chi connectivity index (χ4n) is 2.59. The summed E-state index contributed by atoms with van der Waals surface area (Å²) in [6.07, 6.45) is 2.55. The van der Waals surface area contributed by atoms with Gasteiger partial charge in [-0.3, -0.25) is 4.90 Å². The lowest BCUT2D eigenvalue weighted by Gasteiger charge is -2.32. The van der Waals surface area contributed by atoms with Crippen LogP contribution >= 0.6 is 0 Å². The molecule has 0 radical (unpaired) electrons. The molecule has 0 spiro atoms. The summed E-state index contributed by atoms with van der Waals surface area (Å²) in [4.78, 5) is 2.47. The molecule has 0 aliphatic carbocycles. The molecule has 96 valence electrons. The number of aromatic nitrogens is 3. The first-order valence-electron chi connectivity index (χ1n) is 6.53. The Bertz CT molecular complexity index is 360. The molecule has 1 fully saturated rings. The van der Waals surface area contributed by atoms with Crippen LogP contribution in [0.3, 0.4) is 0 Å². The Morgan fingerprint density at radius 3 is 2.94 bits per heavy atom. The molecule has 0 amide bonds. The van der Waals surface area contributed by atoms with E-state index in [9.17, 15) is 0 Å². The van der Waals surface area contributed by atoms with Crippen LogP contribution in [0.2, 0.25) is 0 Å². The fraction of sp³-hybridized carbons (Fsp3) is 0.833. The van der Waals surface area contributed by atoms with Crippen LogP contribution in [0.5, 0.6) is 0 Å². The average molecular weight is 237 g/mol. The summed E-state index contributed by atoms with van der Waals surface area (Å²) in [7, 11) is 2.05. The summed E-state index contributed by atoms with van der Waals surface area (Å²) >= 11 is 0. The van der Waals surface area contributed by atoms with E-state index in [4.69, 9.17) is 0 Å². The highest BCUT2D eigenvalue weighted by Crippen LogP contribution is 2.13. The molecule has 1 aliphatic rings. The first-order valence-corrected chi connectivity index (χ1v) is 6.53. The number of aryl methyl sites for hydroxylation is 1. The van der Waals surface area contributed by atoms with Gasteiger partial charge in [-0.25, -0.2) is 0 Å². The van der Waals surface area contributed by atoms with Gasteiger partial charge in [0, 0.05) is 19.1 Å². The summed E-state index contributed by atoms with van der Waals surface area (Å²) in [5.41, 5.74) is 0. The van der Waals surface area contributed by atoms with Crippen molar-refractivity contribution in [1.29, 1.82) is 0 Å². The SMILES string of the molecule is CCn1c(C)nnc1CN1CCCC(NC)C1. The maximum Gasteiger partial charge on any atom is 0.147 e. The zero-order valence-corrected chi connectivity index (χ0v) is 11.1. The van der Waals surface area contributed by atoms with Crippen molar-refractivity contribution in [2.75, 3.05) is 20.1 Å². The maximum absolute atomic E-state index is 4.28. The van der Waals surface area contributed by atoms with E-state index >= 15 is 0 Å². The molecule has 1 aromatic rings. The molecule has 1 atom stereocenters. The number of nitrogens with one attached hydrogen (secondary N) is 1. The lowest BCUT2D eigenvalue weighted by molar-refractivity contribution is 0.182. The van der Waals surface area contributed by atoms with Gasteiger partial charge in [0.05, 0.1) is 6.54 Å². The van der Waals surface area contributed by atoms with Gasteiger partial charge >= 0.3 is 0 Å². The smallest absolute Gasteiger partial charge is 0.147 e. The highest BCUT2D eigenvalue weighted by molar-refractivity contribution is 4.94. The highest BCUT2D eigenvalue weighted by Gasteiger charge is 2.20. The Morgan fingerprint density at radius 1 is 1.41 bits per heavy atom. The number of piperidine rings is 1. The van der Waals surface area contributed by atoms with Crippen LogP contribution in [0.15, 0.2) is 0 Å². The summed E-state index contributed by atoms with van der Waals surface area (Å²) in [6, 6.07) is 0.628. The van der Waals surface area contributed by atoms with Gasteiger partial charge in [0.2, 0.25) is 0 Å². The second kappa shape index (κ2) is 5.60. The minimum atomic E-state index is 0.628. The monoisotopic (exact) mass is 237 g/mol. The van der Waals surface area contributed by atoms with E-state index in [1.807, 2.05) is 14.0 Å². The molecular formula is C12H23N5. The molecule has 2 rings (SSSR count). The standard InChI is InChI=1S/C12H23N5/c1-4-17-10(2)14-15-12(17)9-16-7-5-6-11(8-16)13-3/h11,13H,4-9H2,1-3H3. The number of likely N-dealkylation sites (tertiary alicyclic amines) is 1. The first kappa shape index (κ1) is 12.5. The van der Waals surface area contributed by atoms with E-state index in [1.165, 1.54) is 19.4 Å². The zero-order chi connectivity index (χ0) is 12.3. The molecule has 2 heterocycles. The van der Waals surface area contributed by atoms with Crippen molar-refractivity contribution >= 4 is 0 Å². The highest BCUT2D eigenvalue weighted by atomic mass is 15.3. The van der Waals surface area contributed by atoms with E-state index in [-0.39, 0.29) is 0 Å². The molecular weight excluding hydrogens is 214 g/mol. The third-order valence-corrected chi connectivity index (χ3v) is 3.61. The van der Waals surface area contributed by atoms with E-state index < -0.39 is 0 Å². The van der Waals surface area contributed by atoms with Gasteiger partial charge in [0.15, 0.2) is 0 Å². The molecule has 5 nitrogen and oxygen atoms in total. The van der Waals surface area contributed by atoms with Crippen LogP contribution in [0, 0.1) is 6.92 Å². The topological polar surface area (TPSA) is 46.0 Å².